The largest absolute Gasteiger partial charge is 0.478 e. The number of fused-ring (bicyclic) bond motifs is 1. The SMILES string of the molecule is CC(C)N(C)S(=O)(=O)c1ccc(NC(=O)C[C@H]2Oc3ccccc3NC2=O)cc1. The first-order chi connectivity index (χ1) is 13.7. The molecule has 29 heavy (non-hydrogen) atoms. The smallest absolute Gasteiger partial charge is 0.266 e. The van der Waals surface area contributed by atoms with Crippen LogP contribution in [0.2, 0.25) is 0 Å². The molecule has 0 fully saturated rings. The minimum Gasteiger partial charge on any atom is -0.478 e. The summed E-state index contributed by atoms with van der Waals surface area (Å²) in [5.41, 5.74) is 0.995. The van der Waals surface area contributed by atoms with E-state index in [1.807, 2.05) is 0 Å². The van der Waals surface area contributed by atoms with Crippen LogP contribution in [0.5, 0.6) is 5.75 Å². The normalized spacial score (nSPS) is 16.2. The Labute approximate surface area is 169 Å². The Kier molecular flexibility index (Phi) is 5.90. The molecule has 0 radical (unpaired) electrons. The molecule has 0 saturated carbocycles. The summed E-state index contributed by atoms with van der Waals surface area (Å²) in [5, 5.41) is 5.36. The topological polar surface area (TPSA) is 105 Å². The van der Waals surface area contributed by atoms with Crippen molar-refractivity contribution in [2.75, 3.05) is 17.7 Å². The zero-order valence-electron chi connectivity index (χ0n) is 16.4. The van der Waals surface area contributed by atoms with E-state index in [1.165, 1.54) is 35.6 Å². The molecule has 0 unspecified atom stereocenters. The molecule has 2 N–H and O–H groups in total. The van der Waals surface area contributed by atoms with Crippen LogP contribution in [0.15, 0.2) is 53.4 Å². The zero-order valence-corrected chi connectivity index (χ0v) is 17.2. The molecule has 2 aromatic carbocycles. The van der Waals surface area contributed by atoms with Gasteiger partial charge in [0, 0.05) is 18.8 Å². The molecule has 154 valence electrons. The van der Waals surface area contributed by atoms with Crippen LogP contribution in [0.1, 0.15) is 20.3 Å². The molecule has 2 aromatic rings. The summed E-state index contributed by atoms with van der Waals surface area (Å²) in [6, 6.07) is 12.7. The van der Waals surface area contributed by atoms with Crippen molar-refractivity contribution < 1.29 is 22.7 Å². The summed E-state index contributed by atoms with van der Waals surface area (Å²) < 4.78 is 31.9. The van der Waals surface area contributed by atoms with E-state index in [0.717, 1.165) is 0 Å². The van der Waals surface area contributed by atoms with Gasteiger partial charge in [0.2, 0.25) is 15.9 Å². The maximum Gasteiger partial charge on any atom is 0.266 e. The zero-order chi connectivity index (χ0) is 21.2. The van der Waals surface area contributed by atoms with Crippen LogP contribution in [-0.4, -0.2) is 43.7 Å². The fourth-order valence-corrected chi connectivity index (χ4v) is 4.13. The summed E-state index contributed by atoms with van der Waals surface area (Å²) >= 11 is 0. The van der Waals surface area contributed by atoms with Crippen molar-refractivity contribution >= 4 is 33.2 Å². The van der Waals surface area contributed by atoms with Crippen molar-refractivity contribution in [2.45, 2.75) is 37.3 Å². The Balaban J connectivity index is 1.64. The Morgan fingerprint density at radius 3 is 2.48 bits per heavy atom. The number of nitrogens with one attached hydrogen (secondary N) is 2. The summed E-state index contributed by atoms with van der Waals surface area (Å²) in [5.74, 6) is -0.301. The number of para-hydroxylation sites is 2. The quantitative estimate of drug-likeness (QED) is 0.751. The molecule has 2 amide bonds. The van der Waals surface area contributed by atoms with Crippen LogP contribution in [0.4, 0.5) is 11.4 Å². The monoisotopic (exact) mass is 417 g/mol. The average Bonchev–Trinajstić information content (AvgIpc) is 2.68. The lowest BCUT2D eigenvalue weighted by atomic mass is 10.1. The van der Waals surface area contributed by atoms with Gasteiger partial charge in [-0.05, 0) is 50.2 Å². The van der Waals surface area contributed by atoms with E-state index in [-0.39, 0.29) is 17.4 Å². The summed E-state index contributed by atoms with van der Waals surface area (Å²) in [7, 11) is -2.08. The maximum atomic E-state index is 12.5. The van der Waals surface area contributed by atoms with Crippen molar-refractivity contribution in [3.05, 3.63) is 48.5 Å². The second-order valence-corrected chi connectivity index (χ2v) is 8.98. The molecule has 0 saturated heterocycles. The lowest BCUT2D eigenvalue weighted by Crippen LogP contribution is -2.39. The third-order valence-corrected chi connectivity index (χ3v) is 6.67. The molecule has 0 aromatic heterocycles. The summed E-state index contributed by atoms with van der Waals surface area (Å²) in [4.78, 5) is 24.6. The van der Waals surface area contributed by atoms with Gasteiger partial charge in [-0.1, -0.05) is 12.1 Å². The lowest BCUT2D eigenvalue weighted by Gasteiger charge is -2.25. The third-order valence-electron chi connectivity index (χ3n) is 4.62. The van der Waals surface area contributed by atoms with Gasteiger partial charge < -0.3 is 15.4 Å². The number of benzene rings is 2. The minimum absolute atomic E-state index is 0.137. The molecule has 1 atom stereocenters. The van der Waals surface area contributed by atoms with Gasteiger partial charge in [0.15, 0.2) is 6.10 Å². The number of carbonyl (C=O) groups is 2. The van der Waals surface area contributed by atoms with Crippen LogP contribution in [0.25, 0.3) is 0 Å². The first-order valence-corrected chi connectivity index (χ1v) is 10.6. The standard InChI is InChI=1S/C20H23N3O5S/c1-13(2)23(3)29(26,27)15-10-8-14(9-11-15)21-19(24)12-18-20(25)22-16-6-4-5-7-17(16)28-18/h4-11,13,18H,12H2,1-3H3,(H,21,24)(H,22,25)/t18-/m1/s1. The molecule has 1 heterocycles. The number of rotatable bonds is 6. The van der Waals surface area contributed by atoms with Crippen LogP contribution >= 0.6 is 0 Å². The predicted molar refractivity (Wildman–Crippen MR) is 109 cm³/mol. The van der Waals surface area contributed by atoms with Gasteiger partial charge >= 0.3 is 0 Å². The highest BCUT2D eigenvalue weighted by Crippen LogP contribution is 2.29. The van der Waals surface area contributed by atoms with Crippen molar-refractivity contribution in [2.24, 2.45) is 0 Å². The van der Waals surface area contributed by atoms with Gasteiger partial charge in [-0.2, -0.15) is 4.31 Å². The van der Waals surface area contributed by atoms with E-state index >= 15 is 0 Å². The highest BCUT2D eigenvalue weighted by atomic mass is 32.2. The number of hydrogen-bond donors (Lipinski definition) is 2. The Hall–Kier alpha value is -2.91. The van der Waals surface area contributed by atoms with Crippen molar-refractivity contribution in [3.8, 4) is 5.75 Å². The number of anilines is 2. The highest BCUT2D eigenvalue weighted by Gasteiger charge is 2.29. The second-order valence-electron chi connectivity index (χ2n) is 6.98. The van der Waals surface area contributed by atoms with Gasteiger partial charge in [-0.15, -0.1) is 0 Å². The molecule has 9 heteroatoms. The molecule has 1 aliphatic rings. The van der Waals surface area contributed by atoms with E-state index in [2.05, 4.69) is 10.6 Å². The molecule has 8 nitrogen and oxygen atoms in total. The van der Waals surface area contributed by atoms with Crippen molar-refractivity contribution in [3.63, 3.8) is 0 Å². The molecular weight excluding hydrogens is 394 g/mol. The van der Waals surface area contributed by atoms with Crippen molar-refractivity contribution in [1.29, 1.82) is 0 Å². The summed E-state index contributed by atoms with van der Waals surface area (Å²) in [6.07, 6.45) is -1.11. The Bertz CT molecular complexity index is 1020. The van der Waals surface area contributed by atoms with Gasteiger partial charge in [0.1, 0.15) is 5.75 Å². The fraction of sp³-hybridized carbons (Fsp3) is 0.300. The Morgan fingerprint density at radius 2 is 1.83 bits per heavy atom. The second kappa shape index (κ2) is 8.22. The van der Waals surface area contributed by atoms with Gasteiger partial charge in [0.05, 0.1) is 17.0 Å². The van der Waals surface area contributed by atoms with E-state index in [4.69, 9.17) is 4.74 Å². The van der Waals surface area contributed by atoms with Gasteiger partial charge in [-0.25, -0.2) is 8.42 Å². The number of nitrogens with zero attached hydrogens (tertiary/aromatic N) is 1. The number of ether oxygens (including phenoxy) is 1. The van der Waals surface area contributed by atoms with Crippen LogP contribution in [0, 0.1) is 0 Å². The number of carbonyl (C=O) groups excluding carboxylic acids is 2. The van der Waals surface area contributed by atoms with E-state index < -0.39 is 27.9 Å². The first kappa shape index (κ1) is 20.8. The van der Waals surface area contributed by atoms with Crippen LogP contribution < -0.4 is 15.4 Å². The van der Waals surface area contributed by atoms with Crippen molar-refractivity contribution in [1.82, 2.24) is 4.31 Å². The average molecular weight is 417 g/mol. The minimum atomic E-state index is -3.59. The Morgan fingerprint density at radius 1 is 1.17 bits per heavy atom. The van der Waals surface area contributed by atoms with E-state index in [0.29, 0.717) is 17.1 Å². The molecular formula is C20H23N3O5S. The van der Waals surface area contributed by atoms with E-state index in [1.54, 1.807) is 38.1 Å². The highest BCUT2D eigenvalue weighted by molar-refractivity contribution is 7.89. The molecule has 3 rings (SSSR count). The lowest BCUT2D eigenvalue weighted by molar-refractivity contribution is -0.128. The number of sulfonamides is 1. The third kappa shape index (κ3) is 4.57. The van der Waals surface area contributed by atoms with E-state index in [9.17, 15) is 18.0 Å². The predicted octanol–water partition coefficient (Wildman–Crippen LogP) is 2.44. The number of amides is 2. The number of hydrogen-bond acceptors (Lipinski definition) is 5. The molecule has 0 aliphatic carbocycles. The molecule has 1 aliphatic heterocycles. The van der Waals surface area contributed by atoms with Gasteiger partial charge in [0.25, 0.3) is 5.91 Å². The molecule has 0 bridgehead atoms. The molecule has 0 spiro atoms. The van der Waals surface area contributed by atoms with Crippen LogP contribution in [-0.2, 0) is 19.6 Å². The summed E-state index contributed by atoms with van der Waals surface area (Å²) in [6.45, 7) is 3.57. The van der Waals surface area contributed by atoms with Gasteiger partial charge in [-0.3, -0.25) is 9.59 Å². The first-order valence-electron chi connectivity index (χ1n) is 9.13. The maximum absolute atomic E-state index is 12.5. The fourth-order valence-electron chi connectivity index (χ4n) is 2.76. The van der Waals surface area contributed by atoms with Crippen LogP contribution in [0.3, 0.4) is 0 Å².